The Bertz CT molecular complexity index is 416. The van der Waals surface area contributed by atoms with E-state index in [4.69, 9.17) is 5.73 Å². The normalized spacial score (nSPS) is 23.6. The molecule has 104 valence electrons. The molecule has 1 saturated heterocycles. The van der Waals surface area contributed by atoms with Crippen molar-refractivity contribution in [1.82, 2.24) is 9.97 Å². The molecule has 2 fully saturated rings. The molecule has 1 saturated carbocycles. The molecule has 0 spiro atoms. The highest BCUT2D eigenvalue weighted by molar-refractivity contribution is 5.42. The first-order chi connectivity index (χ1) is 9.38. The Balaban J connectivity index is 1.75. The summed E-state index contributed by atoms with van der Waals surface area (Å²) in [6.07, 6.45) is 10.6. The molecule has 4 heteroatoms. The highest BCUT2D eigenvalue weighted by Crippen LogP contribution is 2.39. The van der Waals surface area contributed by atoms with Gasteiger partial charge in [-0.05, 0) is 51.5 Å². The zero-order chi connectivity index (χ0) is 13.1. The summed E-state index contributed by atoms with van der Waals surface area (Å²) in [5.41, 5.74) is 6.90. The van der Waals surface area contributed by atoms with E-state index < -0.39 is 0 Å². The van der Waals surface area contributed by atoms with Crippen LogP contribution < -0.4 is 10.6 Å². The van der Waals surface area contributed by atoms with Crippen LogP contribution in [0.1, 0.15) is 56.6 Å². The minimum absolute atomic E-state index is 0.624. The van der Waals surface area contributed by atoms with Gasteiger partial charge in [0, 0.05) is 30.3 Å². The fourth-order valence-corrected chi connectivity index (χ4v) is 3.08. The number of nitrogens with zero attached hydrogens (tertiary/aromatic N) is 3. The van der Waals surface area contributed by atoms with Crippen molar-refractivity contribution in [2.24, 2.45) is 5.73 Å². The quantitative estimate of drug-likeness (QED) is 0.883. The molecule has 1 atom stereocenters. The van der Waals surface area contributed by atoms with E-state index in [9.17, 15) is 0 Å². The zero-order valence-electron chi connectivity index (χ0n) is 11.6. The van der Waals surface area contributed by atoms with Crippen molar-refractivity contribution in [2.45, 2.75) is 56.9 Å². The fraction of sp³-hybridized carbons (Fsp3) is 0.733. The molecular formula is C15H24N4. The van der Waals surface area contributed by atoms with E-state index in [-0.39, 0.29) is 0 Å². The first-order valence-corrected chi connectivity index (χ1v) is 7.67. The van der Waals surface area contributed by atoms with Crippen LogP contribution in [-0.2, 0) is 0 Å². The number of hydrogen-bond acceptors (Lipinski definition) is 4. The molecule has 0 radical (unpaired) electrons. The monoisotopic (exact) mass is 260 g/mol. The van der Waals surface area contributed by atoms with Crippen molar-refractivity contribution in [2.75, 3.05) is 18.0 Å². The third kappa shape index (κ3) is 3.06. The highest BCUT2D eigenvalue weighted by atomic mass is 15.2. The van der Waals surface area contributed by atoms with E-state index in [1.165, 1.54) is 44.2 Å². The molecule has 1 aromatic rings. The van der Waals surface area contributed by atoms with Gasteiger partial charge in [0.15, 0.2) is 0 Å². The zero-order valence-corrected chi connectivity index (χ0v) is 11.6. The molecule has 19 heavy (non-hydrogen) atoms. The smallest absolute Gasteiger partial charge is 0.132 e. The molecule has 3 rings (SSSR count). The van der Waals surface area contributed by atoms with Gasteiger partial charge in [0.25, 0.3) is 0 Å². The van der Waals surface area contributed by atoms with Crippen molar-refractivity contribution in [3.63, 3.8) is 0 Å². The summed E-state index contributed by atoms with van der Waals surface area (Å²) >= 11 is 0. The summed E-state index contributed by atoms with van der Waals surface area (Å²) in [5.74, 6) is 1.84. The van der Waals surface area contributed by atoms with Crippen LogP contribution in [0.25, 0.3) is 0 Å². The average molecular weight is 260 g/mol. The maximum atomic E-state index is 5.66. The van der Waals surface area contributed by atoms with Crippen molar-refractivity contribution in [3.8, 4) is 0 Å². The van der Waals surface area contributed by atoms with E-state index in [1.54, 1.807) is 6.33 Å². The Hall–Kier alpha value is -1.16. The van der Waals surface area contributed by atoms with E-state index in [0.29, 0.717) is 12.0 Å². The van der Waals surface area contributed by atoms with E-state index >= 15 is 0 Å². The second-order valence-electron chi connectivity index (χ2n) is 5.85. The van der Waals surface area contributed by atoms with Crippen LogP contribution in [0.3, 0.4) is 0 Å². The predicted molar refractivity (Wildman–Crippen MR) is 77.3 cm³/mol. The van der Waals surface area contributed by atoms with Crippen LogP contribution in [0.5, 0.6) is 0 Å². The van der Waals surface area contributed by atoms with Crippen LogP contribution in [-0.4, -0.2) is 29.1 Å². The Labute approximate surface area is 115 Å². The molecule has 2 aliphatic rings. The Morgan fingerprint density at radius 3 is 2.89 bits per heavy atom. The van der Waals surface area contributed by atoms with Gasteiger partial charge in [-0.1, -0.05) is 0 Å². The topological polar surface area (TPSA) is 55.0 Å². The van der Waals surface area contributed by atoms with Gasteiger partial charge in [-0.15, -0.1) is 0 Å². The maximum Gasteiger partial charge on any atom is 0.132 e. The molecule has 0 amide bonds. The van der Waals surface area contributed by atoms with Gasteiger partial charge in [0.2, 0.25) is 0 Å². The van der Waals surface area contributed by atoms with Crippen molar-refractivity contribution in [3.05, 3.63) is 18.1 Å². The van der Waals surface area contributed by atoms with Gasteiger partial charge in [-0.3, -0.25) is 0 Å². The molecule has 1 aliphatic carbocycles. The lowest BCUT2D eigenvalue weighted by molar-refractivity contribution is 0.428. The summed E-state index contributed by atoms with van der Waals surface area (Å²) in [6.45, 7) is 1.93. The van der Waals surface area contributed by atoms with Crippen LogP contribution in [0, 0.1) is 0 Å². The SMILES string of the molecule is NCCCC1CCCCN1c1cc(C2CC2)ncn1. The van der Waals surface area contributed by atoms with Crippen LogP contribution in [0.15, 0.2) is 12.4 Å². The molecule has 2 N–H and O–H groups in total. The molecule has 0 bridgehead atoms. The molecule has 1 unspecified atom stereocenters. The van der Waals surface area contributed by atoms with Crippen molar-refractivity contribution in [1.29, 1.82) is 0 Å². The number of piperidine rings is 1. The standard InChI is InChI=1S/C15H24N4/c16-8-3-5-13-4-1-2-9-19(13)15-10-14(12-6-7-12)17-11-18-15/h10-13H,1-9,16H2. The summed E-state index contributed by atoms with van der Waals surface area (Å²) < 4.78 is 0. The van der Waals surface area contributed by atoms with Gasteiger partial charge in [-0.2, -0.15) is 0 Å². The molecule has 1 aliphatic heterocycles. The number of anilines is 1. The Morgan fingerprint density at radius 1 is 1.21 bits per heavy atom. The van der Waals surface area contributed by atoms with E-state index in [2.05, 4.69) is 20.9 Å². The van der Waals surface area contributed by atoms with Crippen molar-refractivity contribution < 1.29 is 0 Å². The Kier molecular flexibility index (Phi) is 3.97. The maximum absolute atomic E-state index is 5.66. The first kappa shape index (κ1) is 12.9. The van der Waals surface area contributed by atoms with Crippen molar-refractivity contribution >= 4 is 5.82 Å². The fourth-order valence-electron chi connectivity index (χ4n) is 3.08. The van der Waals surface area contributed by atoms with Gasteiger partial charge in [0.05, 0.1) is 0 Å². The second kappa shape index (κ2) is 5.87. The summed E-state index contributed by atoms with van der Waals surface area (Å²) in [6, 6.07) is 2.84. The largest absolute Gasteiger partial charge is 0.354 e. The highest BCUT2D eigenvalue weighted by Gasteiger charge is 2.28. The van der Waals surface area contributed by atoms with Crippen LogP contribution in [0.2, 0.25) is 0 Å². The van der Waals surface area contributed by atoms with Gasteiger partial charge in [0.1, 0.15) is 12.1 Å². The lowest BCUT2D eigenvalue weighted by Gasteiger charge is -2.36. The van der Waals surface area contributed by atoms with Crippen LogP contribution >= 0.6 is 0 Å². The third-order valence-corrected chi connectivity index (χ3v) is 4.33. The minimum atomic E-state index is 0.624. The minimum Gasteiger partial charge on any atom is -0.354 e. The molecule has 2 heterocycles. The third-order valence-electron chi connectivity index (χ3n) is 4.33. The molecular weight excluding hydrogens is 236 g/mol. The van der Waals surface area contributed by atoms with Gasteiger partial charge >= 0.3 is 0 Å². The summed E-state index contributed by atoms with van der Waals surface area (Å²) in [4.78, 5) is 11.4. The molecule has 1 aromatic heterocycles. The van der Waals surface area contributed by atoms with Crippen LogP contribution in [0.4, 0.5) is 5.82 Å². The number of hydrogen-bond donors (Lipinski definition) is 1. The lowest BCUT2D eigenvalue weighted by atomic mass is 9.98. The van der Waals surface area contributed by atoms with Gasteiger partial charge < -0.3 is 10.6 Å². The number of nitrogens with two attached hydrogens (primary N) is 1. The predicted octanol–water partition coefficient (Wildman–Crippen LogP) is 2.45. The number of aromatic nitrogens is 2. The lowest BCUT2D eigenvalue weighted by Crippen LogP contribution is -2.40. The van der Waals surface area contributed by atoms with E-state index in [0.717, 1.165) is 25.3 Å². The molecule has 0 aromatic carbocycles. The molecule has 4 nitrogen and oxygen atoms in total. The van der Waals surface area contributed by atoms with E-state index in [1.807, 2.05) is 0 Å². The number of rotatable bonds is 5. The summed E-state index contributed by atoms with van der Waals surface area (Å²) in [7, 11) is 0. The summed E-state index contributed by atoms with van der Waals surface area (Å²) in [5, 5.41) is 0. The van der Waals surface area contributed by atoms with Gasteiger partial charge in [-0.25, -0.2) is 9.97 Å². The first-order valence-electron chi connectivity index (χ1n) is 7.67. The average Bonchev–Trinajstić information content (AvgIpc) is 3.30. The second-order valence-corrected chi connectivity index (χ2v) is 5.85. The Morgan fingerprint density at radius 2 is 2.11 bits per heavy atom.